The molecular formula is C23H26BrN7O. The Morgan fingerprint density at radius 3 is 2.50 bits per heavy atom. The van der Waals surface area contributed by atoms with E-state index in [1.54, 1.807) is 25.5 Å². The van der Waals surface area contributed by atoms with Gasteiger partial charge >= 0.3 is 0 Å². The van der Waals surface area contributed by atoms with E-state index < -0.39 is 0 Å². The molecule has 3 heterocycles. The Morgan fingerprint density at radius 2 is 1.78 bits per heavy atom. The number of hydrogen-bond acceptors (Lipinski definition) is 7. The molecule has 2 N–H and O–H groups in total. The SMILES string of the molecule is Cn1cccc(Nc2nc(Nc3ccc(N4CCN(C5CC5)CC4)cc3)ncc2Br)c1=O. The van der Waals surface area contributed by atoms with Crippen LogP contribution in [-0.4, -0.2) is 51.7 Å². The van der Waals surface area contributed by atoms with E-state index in [0.29, 0.717) is 21.9 Å². The monoisotopic (exact) mass is 495 g/mol. The second-order valence-corrected chi connectivity index (χ2v) is 9.13. The molecule has 9 heteroatoms. The van der Waals surface area contributed by atoms with Crippen LogP contribution in [0, 0.1) is 0 Å². The van der Waals surface area contributed by atoms with Gasteiger partial charge in [0.25, 0.3) is 5.56 Å². The number of halogens is 1. The van der Waals surface area contributed by atoms with Gasteiger partial charge in [0.05, 0.1) is 4.47 Å². The third kappa shape index (κ3) is 4.63. The van der Waals surface area contributed by atoms with Crippen LogP contribution in [0.15, 0.2) is 58.1 Å². The zero-order chi connectivity index (χ0) is 22.1. The van der Waals surface area contributed by atoms with Crippen LogP contribution in [0.4, 0.5) is 28.8 Å². The predicted molar refractivity (Wildman–Crippen MR) is 131 cm³/mol. The molecule has 2 fully saturated rings. The highest BCUT2D eigenvalue weighted by Crippen LogP contribution is 2.29. The lowest BCUT2D eigenvalue weighted by molar-refractivity contribution is 0.248. The van der Waals surface area contributed by atoms with E-state index in [9.17, 15) is 4.79 Å². The zero-order valence-electron chi connectivity index (χ0n) is 18.0. The first-order chi connectivity index (χ1) is 15.6. The third-order valence-electron chi connectivity index (χ3n) is 5.99. The molecule has 1 aliphatic carbocycles. The molecule has 0 amide bonds. The minimum Gasteiger partial charge on any atom is -0.369 e. The lowest BCUT2D eigenvalue weighted by Crippen LogP contribution is -2.47. The van der Waals surface area contributed by atoms with Crippen LogP contribution < -0.4 is 21.1 Å². The Kier molecular flexibility index (Phi) is 5.84. The fourth-order valence-corrected chi connectivity index (χ4v) is 4.29. The van der Waals surface area contributed by atoms with Crippen molar-refractivity contribution in [3.8, 4) is 0 Å². The van der Waals surface area contributed by atoms with Gasteiger partial charge in [-0.05, 0) is 65.2 Å². The Balaban J connectivity index is 1.25. The van der Waals surface area contributed by atoms with Crippen LogP contribution in [-0.2, 0) is 7.05 Å². The first-order valence-electron chi connectivity index (χ1n) is 10.9. The van der Waals surface area contributed by atoms with Crippen molar-refractivity contribution in [2.24, 2.45) is 7.05 Å². The maximum absolute atomic E-state index is 12.3. The van der Waals surface area contributed by atoms with Gasteiger partial charge in [-0.2, -0.15) is 4.98 Å². The van der Waals surface area contributed by atoms with E-state index in [1.807, 2.05) is 18.2 Å². The predicted octanol–water partition coefficient (Wildman–Crippen LogP) is 3.71. The molecule has 0 atom stereocenters. The molecule has 8 nitrogen and oxygen atoms in total. The molecule has 1 aliphatic heterocycles. The van der Waals surface area contributed by atoms with Crippen LogP contribution in [0.1, 0.15) is 12.8 Å². The maximum atomic E-state index is 12.3. The number of aryl methyl sites for hydroxylation is 1. The normalized spacial score (nSPS) is 16.8. The average Bonchev–Trinajstić information content (AvgIpc) is 3.65. The van der Waals surface area contributed by atoms with Gasteiger partial charge in [-0.25, -0.2) is 4.98 Å². The topological polar surface area (TPSA) is 78.3 Å². The molecule has 2 aromatic heterocycles. The highest BCUT2D eigenvalue weighted by Gasteiger charge is 2.31. The molecule has 0 radical (unpaired) electrons. The van der Waals surface area contributed by atoms with Crippen molar-refractivity contribution in [3.63, 3.8) is 0 Å². The number of pyridine rings is 1. The molecule has 2 aliphatic rings. The number of rotatable bonds is 6. The number of benzene rings is 1. The number of piperazine rings is 1. The lowest BCUT2D eigenvalue weighted by Gasteiger charge is -2.36. The van der Waals surface area contributed by atoms with E-state index in [2.05, 4.69) is 58.5 Å². The van der Waals surface area contributed by atoms with E-state index in [4.69, 9.17) is 0 Å². The van der Waals surface area contributed by atoms with Crippen LogP contribution >= 0.6 is 15.9 Å². The van der Waals surface area contributed by atoms with Gasteiger partial charge in [0, 0.05) is 63.0 Å². The molecular weight excluding hydrogens is 470 g/mol. The standard InChI is InChI=1S/C23H26BrN7O/c1-29-10-2-3-20(22(29)32)27-21-19(24)15-25-23(28-21)26-16-4-6-17(7-5-16)30-11-13-31(14-12-30)18-8-9-18/h2-7,10,15,18H,8-9,11-14H2,1H3,(H2,25,26,27,28). The largest absolute Gasteiger partial charge is 0.369 e. The van der Waals surface area contributed by atoms with E-state index in [1.165, 1.54) is 23.1 Å². The quantitative estimate of drug-likeness (QED) is 0.539. The number of anilines is 5. The highest BCUT2D eigenvalue weighted by molar-refractivity contribution is 9.10. The molecule has 0 spiro atoms. The van der Waals surface area contributed by atoms with Crippen molar-refractivity contribution in [2.45, 2.75) is 18.9 Å². The molecule has 3 aromatic rings. The van der Waals surface area contributed by atoms with Crippen molar-refractivity contribution in [3.05, 3.63) is 63.6 Å². The van der Waals surface area contributed by atoms with Crippen molar-refractivity contribution in [2.75, 3.05) is 41.7 Å². The summed E-state index contributed by atoms with van der Waals surface area (Å²) >= 11 is 3.45. The molecule has 0 unspecified atom stereocenters. The Hall–Kier alpha value is -2.91. The van der Waals surface area contributed by atoms with Crippen molar-refractivity contribution < 1.29 is 0 Å². The molecule has 1 saturated heterocycles. The minimum atomic E-state index is -0.124. The summed E-state index contributed by atoms with van der Waals surface area (Å²) in [5.74, 6) is 0.977. The van der Waals surface area contributed by atoms with Gasteiger partial charge in [-0.1, -0.05) is 0 Å². The van der Waals surface area contributed by atoms with E-state index in [0.717, 1.165) is 37.9 Å². The first kappa shape index (κ1) is 21.0. The van der Waals surface area contributed by atoms with E-state index >= 15 is 0 Å². The van der Waals surface area contributed by atoms with Crippen molar-refractivity contribution in [1.29, 1.82) is 0 Å². The summed E-state index contributed by atoms with van der Waals surface area (Å²) in [6.07, 6.45) is 6.13. The van der Waals surface area contributed by atoms with Crippen LogP contribution in [0.3, 0.4) is 0 Å². The van der Waals surface area contributed by atoms with Crippen LogP contribution in [0.2, 0.25) is 0 Å². The summed E-state index contributed by atoms with van der Waals surface area (Å²) in [6.45, 7) is 4.45. The lowest BCUT2D eigenvalue weighted by atomic mass is 10.2. The van der Waals surface area contributed by atoms with Gasteiger partial charge in [0.2, 0.25) is 5.95 Å². The van der Waals surface area contributed by atoms with Gasteiger partial charge in [-0.15, -0.1) is 0 Å². The first-order valence-corrected chi connectivity index (χ1v) is 11.7. The molecule has 5 rings (SSSR count). The van der Waals surface area contributed by atoms with Gasteiger partial charge in [0.15, 0.2) is 5.82 Å². The number of nitrogens with zero attached hydrogens (tertiary/aromatic N) is 5. The third-order valence-corrected chi connectivity index (χ3v) is 6.57. The van der Waals surface area contributed by atoms with Crippen molar-refractivity contribution in [1.82, 2.24) is 19.4 Å². The summed E-state index contributed by atoms with van der Waals surface area (Å²) in [5, 5.41) is 6.34. The average molecular weight is 496 g/mol. The molecule has 0 bridgehead atoms. The second-order valence-electron chi connectivity index (χ2n) is 8.28. The number of aromatic nitrogens is 3. The summed E-state index contributed by atoms with van der Waals surface area (Å²) < 4.78 is 2.19. The Labute approximate surface area is 195 Å². The summed E-state index contributed by atoms with van der Waals surface area (Å²) in [6, 6.07) is 12.8. The molecule has 166 valence electrons. The number of nitrogens with one attached hydrogen (secondary N) is 2. The van der Waals surface area contributed by atoms with E-state index in [-0.39, 0.29) is 5.56 Å². The summed E-state index contributed by atoms with van der Waals surface area (Å²) in [7, 11) is 1.71. The van der Waals surface area contributed by atoms with Crippen molar-refractivity contribution >= 4 is 44.8 Å². The molecule has 1 saturated carbocycles. The van der Waals surface area contributed by atoms with Crippen LogP contribution in [0.5, 0.6) is 0 Å². The second kappa shape index (κ2) is 8.91. The van der Waals surface area contributed by atoms with Gasteiger partial charge < -0.3 is 20.1 Å². The molecule has 32 heavy (non-hydrogen) atoms. The highest BCUT2D eigenvalue weighted by atomic mass is 79.9. The molecule has 1 aromatic carbocycles. The zero-order valence-corrected chi connectivity index (χ0v) is 19.5. The Morgan fingerprint density at radius 1 is 1.03 bits per heavy atom. The number of hydrogen-bond donors (Lipinski definition) is 2. The fraction of sp³-hybridized carbons (Fsp3) is 0.348. The fourth-order valence-electron chi connectivity index (χ4n) is 4.00. The van der Waals surface area contributed by atoms with Gasteiger partial charge in [-0.3, -0.25) is 9.69 Å². The van der Waals surface area contributed by atoms with Crippen LogP contribution in [0.25, 0.3) is 0 Å². The summed E-state index contributed by atoms with van der Waals surface area (Å²) in [5.41, 5.74) is 2.48. The smallest absolute Gasteiger partial charge is 0.274 e. The maximum Gasteiger partial charge on any atom is 0.274 e. The minimum absolute atomic E-state index is 0.124. The summed E-state index contributed by atoms with van der Waals surface area (Å²) in [4.78, 5) is 26.2. The Bertz CT molecular complexity index is 1150. The van der Waals surface area contributed by atoms with Gasteiger partial charge in [0.1, 0.15) is 5.69 Å².